The van der Waals surface area contributed by atoms with Gasteiger partial charge in [-0.2, -0.15) is 0 Å². The number of nitrogens with one attached hydrogen (secondary N) is 1. The molecule has 1 saturated heterocycles. The molecule has 0 saturated carbocycles. The van der Waals surface area contributed by atoms with Crippen molar-refractivity contribution in [2.45, 2.75) is 24.8 Å². The van der Waals surface area contributed by atoms with Crippen LogP contribution in [0.5, 0.6) is 5.75 Å². The van der Waals surface area contributed by atoms with E-state index in [0.717, 1.165) is 28.2 Å². The summed E-state index contributed by atoms with van der Waals surface area (Å²) in [4.78, 5) is 48.8. The van der Waals surface area contributed by atoms with Crippen molar-refractivity contribution in [3.8, 4) is 5.75 Å². The number of fused-ring (bicyclic) bond motifs is 1. The number of carbonyl (C=O) groups excluding carboxylic acids is 3. The molecule has 0 spiro atoms. The van der Waals surface area contributed by atoms with Crippen LogP contribution in [-0.4, -0.2) is 71.4 Å². The van der Waals surface area contributed by atoms with Gasteiger partial charge in [0.2, 0.25) is 0 Å². The Balaban J connectivity index is 1.34. The average molecular weight is 558 g/mol. The van der Waals surface area contributed by atoms with Crippen LogP contribution in [0.25, 0.3) is 0 Å². The van der Waals surface area contributed by atoms with E-state index in [0.29, 0.717) is 12.2 Å². The number of anilines is 1. The second kappa shape index (κ2) is 12.1. The lowest BCUT2D eigenvalue weighted by Gasteiger charge is -2.48. The summed E-state index contributed by atoms with van der Waals surface area (Å²) >= 11 is 2.57. The Labute approximate surface area is 227 Å². The molecule has 0 bridgehead atoms. The van der Waals surface area contributed by atoms with Gasteiger partial charge in [-0.15, -0.1) is 23.1 Å². The molecule has 2 aromatic rings. The minimum atomic E-state index is -0.843. The van der Waals surface area contributed by atoms with E-state index in [9.17, 15) is 14.4 Å². The van der Waals surface area contributed by atoms with Gasteiger partial charge >= 0.3 is 5.97 Å². The minimum Gasteiger partial charge on any atom is -0.496 e. The first-order valence-corrected chi connectivity index (χ1v) is 13.5. The number of para-hydroxylation sites is 1. The molecule has 2 atom stereocenters. The van der Waals surface area contributed by atoms with Crippen molar-refractivity contribution in [2.24, 2.45) is 5.16 Å². The summed E-state index contributed by atoms with van der Waals surface area (Å²) in [6.45, 7) is 1.95. The maximum Gasteiger partial charge on any atom is 0.355 e. The van der Waals surface area contributed by atoms with Gasteiger partial charge in [-0.25, -0.2) is 9.78 Å². The van der Waals surface area contributed by atoms with Crippen LogP contribution in [-0.2, 0) is 30.4 Å². The zero-order chi connectivity index (χ0) is 27.2. The fourth-order valence-corrected chi connectivity index (χ4v) is 5.64. The second-order valence-electron chi connectivity index (χ2n) is 8.31. The van der Waals surface area contributed by atoms with Gasteiger partial charge in [-0.1, -0.05) is 29.4 Å². The molecule has 38 heavy (non-hydrogen) atoms. The quantitative estimate of drug-likeness (QED) is 0.147. The van der Waals surface area contributed by atoms with Gasteiger partial charge in [0.1, 0.15) is 42.3 Å². The highest BCUT2D eigenvalue weighted by Gasteiger charge is 2.53. The summed E-state index contributed by atoms with van der Waals surface area (Å²) in [7, 11) is 2.92. The number of oxime groups is 1. The van der Waals surface area contributed by atoms with Crippen molar-refractivity contribution in [3.05, 3.63) is 64.3 Å². The molecule has 1 fully saturated rings. The maximum absolute atomic E-state index is 12.9. The zero-order valence-corrected chi connectivity index (χ0v) is 22.6. The molecule has 3 N–H and O–H groups in total. The van der Waals surface area contributed by atoms with Crippen LogP contribution >= 0.6 is 23.1 Å². The number of allylic oxidation sites excluding steroid dienone is 1. The van der Waals surface area contributed by atoms with Gasteiger partial charge in [0.05, 0.1) is 7.11 Å². The predicted molar refractivity (Wildman–Crippen MR) is 145 cm³/mol. The lowest BCUT2D eigenvalue weighted by molar-refractivity contribution is -0.152. The Bertz CT molecular complexity index is 1320. The highest BCUT2D eigenvalue weighted by Crippen LogP contribution is 2.38. The molecule has 1 unspecified atom stereocenters. The predicted octanol–water partition coefficient (Wildman–Crippen LogP) is 2.10. The van der Waals surface area contributed by atoms with E-state index in [4.69, 9.17) is 20.0 Å². The number of hydrogen-bond donors (Lipinski definition) is 2. The molecule has 2 amide bonds. The number of carbonyl (C=O) groups is 3. The van der Waals surface area contributed by atoms with Crippen molar-refractivity contribution in [2.75, 3.05) is 32.3 Å². The zero-order valence-electron chi connectivity index (χ0n) is 21.0. The number of nitrogens with zero attached hydrogens (tertiary/aromatic N) is 3. The van der Waals surface area contributed by atoms with Crippen molar-refractivity contribution in [1.29, 1.82) is 0 Å². The standard InChI is InChI=1S/C25H27N5O6S2/c1-14(8-9-15-6-4-5-7-18(15)34-2)12-36-24(33)17-10-11-37-23-20(22(32)30(17)23)28-21(31)19(29-35-3)16-13-38-25(26)27-16/h4-8,10,13,20,23H,9,11-12H2,1-3H3,(H2,26,27)(H,28,31)/b14-8+,29-19-/t20?,23-/m1/s1. The number of benzene rings is 1. The number of aromatic nitrogens is 1. The first-order valence-electron chi connectivity index (χ1n) is 11.6. The van der Waals surface area contributed by atoms with Crippen LogP contribution in [0, 0.1) is 0 Å². The number of β-lactam (4-membered cyclic amide) rings is 1. The SMILES string of the molecule is CO/N=C(\C(=O)NC1C(=O)N2C(C(=O)OC/C(C)=C/Cc3ccccc3OC)=CCS[C@H]12)c1csc(N)n1. The molecule has 2 aliphatic rings. The van der Waals surface area contributed by atoms with Crippen LogP contribution in [0.15, 0.2) is 58.2 Å². The van der Waals surface area contributed by atoms with Crippen LogP contribution < -0.4 is 15.8 Å². The lowest BCUT2D eigenvalue weighted by atomic mass is 10.0. The molecule has 11 nitrogen and oxygen atoms in total. The summed E-state index contributed by atoms with van der Waals surface area (Å²) in [6.07, 6.45) is 4.25. The summed E-state index contributed by atoms with van der Waals surface area (Å²) in [5, 5.41) is 7.80. The number of amides is 2. The first-order chi connectivity index (χ1) is 18.3. The second-order valence-corrected chi connectivity index (χ2v) is 10.3. The van der Waals surface area contributed by atoms with Crippen LogP contribution in [0.2, 0.25) is 0 Å². The van der Waals surface area contributed by atoms with Crippen LogP contribution in [0.1, 0.15) is 18.2 Å². The molecular weight excluding hydrogens is 530 g/mol. The molecule has 200 valence electrons. The number of thiazole rings is 1. The van der Waals surface area contributed by atoms with Crippen molar-refractivity contribution >= 4 is 51.7 Å². The normalized spacial score (nSPS) is 19.2. The largest absolute Gasteiger partial charge is 0.496 e. The Hall–Kier alpha value is -3.84. The molecule has 4 rings (SSSR count). The third-order valence-corrected chi connectivity index (χ3v) is 7.66. The first kappa shape index (κ1) is 27.2. The van der Waals surface area contributed by atoms with Crippen LogP contribution in [0.3, 0.4) is 0 Å². The smallest absolute Gasteiger partial charge is 0.355 e. The summed E-state index contributed by atoms with van der Waals surface area (Å²) in [6, 6.07) is 6.86. The van der Waals surface area contributed by atoms with E-state index >= 15 is 0 Å². The van der Waals surface area contributed by atoms with Gasteiger partial charge in [0, 0.05) is 11.1 Å². The molecule has 0 aliphatic carbocycles. The van der Waals surface area contributed by atoms with Gasteiger partial charge in [-0.05, 0) is 36.6 Å². The maximum atomic E-state index is 12.9. The molecule has 0 radical (unpaired) electrons. The Kier molecular flexibility index (Phi) is 8.69. The molecule has 2 aliphatic heterocycles. The minimum absolute atomic E-state index is 0.0823. The van der Waals surface area contributed by atoms with Crippen LogP contribution in [0.4, 0.5) is 5.13 Å². The monoisotopic (exact) mass is 557 g/mol. The fourth-order valence-electron chi connectivity index (χ4n) is 3.90. The third kappa shape index (κ3) is 5.83. The number of methoxy groups -OCH3 is 1. The highest BCUT2D eigenvalue weighted by molar-refractivity contribution is 8.00. The van der Waals surface area contributed by atoms with Gasteiger partial charge < -0.3 is 25.4 Å². The number of hydrogen-bond acceptors (Lipinski definition) is 11. The van der Waals surface area contributed by atoms with E-state index in [2.05, 4.69) is 15.5 Å². The van der Waals surface area contributed by atoms with Gasteiger partial charge in [0.15, 0.2) is 10.8 Å². The fraction of sp³-hybridized carbons (Fsp3) is 0.320. The number of rotatable bonds is 10. The van der Waals surface area contributed by atoms with E-state index < -0.39 is 29.2 Å². The van der Waals surface area contributed by atoms with Crippen molar-refractivity contribution in [1.82, 2.24) is 15.2 Å². The van der Waals surface area contributed by atoms with Crippen molar-refractivity contribution in [3.63, 3.8) is 0 Å². The number of ether oxygens (including phenoxy) is 2. The number of thioether (sulfide) groups is 1. The molecular formula is C25H27N5O6S2. The van der Waals surface area contributed by atoms with Crippen molar-refractivity contribution < 1.29 is 28.7 Å². The van der Waals surface area contributed by atoms with Gasteiger partial charge in [0.25, 0.3) is 11.8 Å². The molecule has 1 aromatic heterocycles. The number of esters is 1. The molecule has 1 aromatic carbocycles. The molecule has 13 heteroatoms. The highest BCUT2D eigenvalue weighted by atomic mass is 32.2. The molecule has 3 heterocycles. The third-order valence-electron chi connectivity index (χ3n) is 5.80. The summed E-state index contributed by atoms with van der Waals surface area (Å²) in [5.74, 6) is -0.381. The van der Waals surface area contributed by atoms with E-state index in [1.807, 2.05) is 37.3 Å². The lowest BCUT2D eigenvalue weighted by Crippen LogP contribution is -2.70. The van der Waals surface area contributed by atoms with E-state index in [-0.39, 0.29) is 28.8 Å². The van der Waals surface area contributed by atoms with Gasteiger partial charge in [-0.3, -0.25) is 14.5 Å². The Morgan fingerprint density at radius 2 is 2.11 bits per heavy atom. The number of nitrogens with two attached hydrogens (primary N) is 1. The Morgan fingerprint density at radius 1 is 1.32 bits per heavy atom. The van der Waals surface area contributed by atoms with E-state index in [1.165, 1.54) is 23.8 Å². The van der Waals surface area contributed by atoms with E-state index in [1.54, 1.807) is 18.6 Å². The average Bonchev–Trinajstić information content (AvgIpc) is 3.37. The Morgan fingerprint density at radius 3 is 2.82 bits per heavy atom. The number of nitrogen functional groups attached to an aromatic ring is 1. The summed E-state index contributed by atoms with van der Waals surface area (Å²) in [5.41, 5.74) is 7.85. The topological polar surface area (TPSA) is 145 Å². The summed E-state index contributed by atoms with van der Waals surface area (Å²) < 4.78 is 10.9.